The van der Waals surface area contributed by atoms with Crippen LogP contribution in [0.2, 0.25) is 0 Å². The molecule has 0 aliphatic rings. The van der Waals surface area contributed by atoms with Crippen molar-refractivity contribution < 1.29 is 123 Å². The molecule has 0 aromatic heterocycles. The van der Waals surface area contributed by atoms with Gasteiger partial charge >= 0.3 is 161 Å². The van der Waals surface area contributed by atoms with Gasteiger partial charge in [-0.2, -0.15) is 0 Å². The summed E-state index contributed by atoms with van der Waals surface area (Å²) in [6, 6.07) is 0. The van der Waals surface area contributed by atoms with Gasteiger partial charge in [-0.3, -0.25) is 58.9 Å². The van der Waals surface area contributed by atoms with Crippen LogP contribution < -0.4 is 0 Å². The fourth-order valence-corrected chi connectivity index (χ4v) is 0. The summed E-state index contributed by atoms with van der Waals surface area (Å²) in [4.78, 5) is 0. The van der Waals surface area contributed by atoms with E-state index in [0.717, 1.165) is 0 Å². The van der Waals surface area contributed by atoms with Gasteiger partial charge in [-0.25, -0.2) is 0 Å². The van der Waals surface area contributed by atoms with Crippen molar-refractivity contribution in [3.8, 4) is 0 Å². The van der Waals surface area contributed by atoms with Crippen LogP contribution in [0, 0.1) is 0 Å². The molecule has 0 heterocycles. The maximum atomic E-state index is 8.52. The van der Waals surface area contributed by atoms with Gasteiger partial charge in [0.2, 0.25) is 0 Å². The largest absolute Gasteiger partial charge is 2.00 e. The van der Waals surface area contributed by atoms with Crippen molar-refractivity contribution in [1.29, 1.82) is 0 Å². The van der Waals surface area contributed by atoms with E-state index >= 15 is 0 Å². The van der Waals surface area contributed by atoms with Crippen molar-refractivity contribution in [2.24, 2.45) is 0 Å². The van der Waals surface area contributed by atoms with Gasteiger partial charge in [-0.1, -0.05) is 0 Å². The maximum absolute atomic E-state index is 8.52. The van der Waals surface area contributed by atoms with Crippen LogP contribution in [0.4, 0.5) is 0 Å². The molecule has 0 rings (SSSR count). The molecule has 0 amide bonds. The summed E-state index contributed by atoms with van der Waals surface area (Å²) in [7, 11) is -36.2. The number of hydrogen-bond donors (Lipinski definition) is 0. The first kappa shape index (κ1) is 91.1. The van der Waals surface area contributed by atoms with Gasteiger partial charge < -0.3 is 63.7 Å². The summed E-state index contributed by atoms with van der Waals surface area (Å²) in [5, 5.41) is 0. The maximum Gasteiger partial charge on any atom is 2.00 e. The summed E-state index contributed by atoms with van der Waals surface area (Å²) in [5.74, 6) is 0. The van der Waals surface area contributed by atoms with Crippen LogP contribution in [0.3, 0.4) is 0 Å². The van der Waals surface area contributed by atoms with Gasteiger partial charge in [0.1, 0.15) is 0 Å². The molecular formula is Mg7O28S7. The SMILES string of the molecule is O=S(=O)([O-])[O-].O=S(=O)([O-])[O-].O=S(=O)([O-])[O-].O=S(=O)([O-])[O-].O=S(=O)([O-])[O-].O=S(=O)([O-])[O-].O=S(=O)([O-])[O-].[Mg+2].[Mg+2].[Mg+2].[Mg+2].[Mg+2].[Mg+2].[Mg+2]. The van der Waals surface area contributed by atoms with Gasteiger partial charge in [0.15, 0.2) is 0 Å². The Bertz CT molecular complexity index is 930. The summed E-state index contributed by atoms with van der Waals surface area (Å²) in [6.45, 7) is 0. The zero-order valence-corrected chi connectivity index (χ0v) is 34.9. The first-order valence-electron chi connectivity index (χ1n) is 4.67. The summed E-state index contributed by atoms with van der Waals surface area (Å²) in [6.07, 6.45) is 0. The van der Waals surface area contributed by atoms with Gasteiger partial charge in [-0.05, 0) is 0 Å². The average molecular weight is 843 g/mol. The third-order valence-corrected chi connectivity index (χ3v) is 0. The Balaban J connectivity index is -0.0000000177. The zero-order valence-electron chi connectivity index (χ0n) is 19.2. The van der Waals surface area contributed by atoms with E-state index in [1.54, 1.807) is 0 Å². The van der Waals surface area contributed by atoms with Gasteiger partial charge in [-0.15, -0.1) is 0 Å². The molecule has 0 unspecified atom stereocenters. The van der Waals surface area contributed by atoms with E-state index in [4.69, 9.17) is 123 Å². The van der Waals surface area contributed by atoms with E-state index in [1.165, 1.54) is 0 Å². The summed E-state index contributed by atoms with van der Waals surface area (Å²) >= 11 is 0. The second kappa shape index (κ2) is 41.6. The predicted octanol–water partition coefficient (Wildman–Crippen LogP) is -12.0. The molecule has 0 N–H and O–H groups in total. The second-order valence-electron chi connectivity index (χ2n) is 2.86. The Morgan fingerprint density at radius 3 is 0.167 bits per heavy atom. The summed E-state index contributed by atoms with van der Waals surface area (Å²) < 4.78 is 239. The molecule has 0 aliphatic heterocycles. The van der Waals surface area contributed by atoms with Gasteiger partial charge in [0.25, 0.3) is 0 Å². The third-order valence-electron chi connectivity index (χ3n) is 0. The Labute approximate surface area is 351 Å². The Morgan fingerprint density at radius 2 is 0.167 bits per heavy atom. The minimum Gasteiger partial charge on any atom is -0.759 e. The van der Waals surface area contributed by atoms with E-state index in [9.17, 15) is 0 Å². The second-order valence-corrected chi connectivity index (χ2v) is 8.57. The molecule has 0 spiro atoms. The molecular weight excluding hydrogens is 843 g/mol. The van der Waals surface area contributed by atoms with E-state index in [0.29, 0.717) is 0 Å². The van der Waals surface area contributed by atoms with Gasteiger partial charge in [0, 0.05) is 72.8 Å². The van der Waals surface area contributed by atoms with Crippen LogP contribution in [0.25, 0.3) is 0 Å². The van der Waals surface area contributed by atoms with E-state index < -0.39 is 72.8 Å². The van der Waals surface area contributed by atoms with Crippen molar-refractivity contribution in [3.63, 3.8) is 0 Å². The van der Waals surface area contributed by atoms with Crippen molar-refractivity contribution in [1.82, 2.24) is 0 Å². The van der Waals surface area contributed by atoms with Crippen LogP contribution in [0.5, 0.6) is 0 Å². The zero-order chi connectivity index (χ0) is 31.5. The molecule has 0 aromatic carbocycles. The van der Waals surface area contributed by atoms with Gasteiger partial charge in [0.05, 0.1) is 0 Å². The minimum atomic E-state index is -5.17. The minimum absolute atomic E-state index is 0. The predicted molar refractivity (Wildman–Crippen MR) is 114 cm³/mol. The molecule has 28 nitrogen and oxygen atoms in total. The van der Waals surface area contributed by atoms with Crippen LogP contribution in [0.15, 0.2) is 0 Å². The average Bonchev–Trinajstić information content (AvgIpc) is 2.06. The van der Waals surface area contributed by atoms with E-state index in [1.807, 2.05) is 0 Å². The van der Waals surface area contributed by atoms with E-state index in [2.05, 4.69) is 0 Å². The molecule has 0 bridgehead atoms. The van der Waals surface area contributed by atoms with Crippen LogP contribution in [-0.2, 0) is 72.8 Å². The topological polar surface area (TPSA) is 562 Å². The quantitative estimate of drug-likeness (QED) is 0.124. The number of hydrogen-bond acceptors (Lipinski definition) is 28. The van der Waals surface area contributed by atoms with Crippen LogP contribution >= 0.6 is 0 Å². The molecule has 0 aromatic rings. The van der Waals surface area contributed by atoms with Crippen molar-refractivity contribution in [2.75, 3.05) is 0 Å². The van der Waals surface area contributed by atoms with Crippen molar-refractivity contribution in [3.05, 3.63) is 0 Å². The fourth-order valence-electron chi connectivity index (χ4n) is 0. The Morgan fingerprint density at radius 1 is 0.167 bits per heavy atom. The molecule has 0 aliphatic carbocycles. The first-order valence-corrected chi connectivity index (χ1v) is 14.0. The van der Waals surface area contributed by atoms with Crippen molar-refractivity contribution in [2.45, 2.75) is 0 Å². The molecule has 0 saturated carbocycles. The number of rotatable bonds is 0. The molecule has 0 radical (unpaired) electrons. The fraction of sp³-hybridized carbons (Fsp3) is 0. The smallest absolute Gasteiger partial charge is 0.759 e. The Hall–Kier alpha value is 4.45. The summed E-state index contributed by atoms with van der Waals surface area (Å²) in [5.41, 5.74) is 0. The molecule has 42 heteroatoms. The molecule has 224 valence electrons. The van der Waals surface area contributed by atoms with E-state index in [-0.39, 0.29) is 161 Å². The Kier molecular flexibility index (Phi) is 90.3. The van der Waals surface area contributed by atoms with Crippen LogP contribution in [0.1, 0.15) is 0 Å². The molecule has 0 saturated heterocycles. The molecule has 0 fully saturated rings. The standard InChI is InChI=1S/7Mg.7H2O4S/c;;;;;;;7*1-5(2,3)4/h;;;;;;;7*(H2,1,2,3,4)/q7*+2;;;;;;;/p-14. The normalized spacial score (nSPS) is 9.67. The molecule has 42 heavy (non-hydrogen) atoms. The van der Waals surface area contributed by atoms with Crippen molar-refractivity contribution >= 4 is 234 Å². The molecule has 0 atom stereocenters. The monoisotopic (exact) mass is 840 g/mol. The van der Waals surface area contributed by atoms with Crippen LogP contribution in [-0.4, -0.2) is 284 Å². The first-order chi connectivity index (χ1) is 14.0. The third kappa shape index (κ3) is 4230.